The number of carbonyl (C=O) groups excluding carboxylic acids is 1. The fourth-order valence-electron chi connectivity index (χ4n) is 1.35. The maximum absolute atomic E-state index is 11.5. The van der Waals surface area contributed by atoms with Crippen molar-refractivity contribution in [2.45, 2.75) is 46.1 Å². The van der Waals surface area contributed by atoms with Gasteiger partial charge < -0.3 is 15.8 Å². The summed E-state index contributed by atoms with van der Waals surface area (Å²) < 4.78 is 5.38. The van der Waals surface area contributed by atoms with Crippen LogP contribution < -0.4 is 11.1 Å². The van der Waals surface area contributed by atoms with Crippen molar-refractivity contribution >= 4 is 5.91 Å². The van der Waals surface area contributed by atoms with Crippen molar-refractivity contribution in [2.75, 3.05) is 19.7 Å². The normalized spacial score (nSPS) is 12.8. The number of amides is 1. The molecular formula is C12H26N2O2. The van der Waals surface area contributed by atoms with E-state index in [1.807, 2.05) is 13.8 Å². The fraction of sp³-hybridized carbons (Fsp3) is 0.917. The highest BCUT2D eigenvalue weighted by Crippen LogP contribution is 2.05. The monoisotopic (exact) mass is 230 g/mol. The molecule has 0 fully saturated rings. The molecule has 1 amide bonds. The molecule has 0 aromatic rings. The van der Waals surface area contributed by atoms with Crippen LogP contribution in [0, 0.1) is 5.92 Å². The van der Waals surface area contributed by atoms with Crippen LogP contribution in [0.4, 0.5) is 0 Å². The first kappa shape index (κ1) is 15.4. The molecule has 0 bridgehead atoms. The van der Waals surface area contributed by atoms with Gasteiger partial charge in [0.15, 0.2) is 0 Å². The largest absolute Gasteiger partial charge is 0.379 e. The van der Waals surface area contributed by atoms with Gasteiger partial charge >= 0.3 is 0 Å². The van der Waals surface area contributed by atoms with Gasteiger partial charge in [0.1, 0.15) is 0 Å². The van der Waals surface area contributed by atoms with Crippen LogP contribution in [0.5, 0.6) is 0 Å². The molecule has 1 unspecified atom stereocenters. The average molecular weight is 230 g/mol. The van der Waals surface area contributed by atoms with Crippen molar-refractivity contribution in [1.82, 2.24) is 5.32 Å². The Morgan fingerprint density at radius 1 is 1.44 bits per heavy atom. The smallest absolute Gasteiger partial charge is 0.220 e. The summed E-state index contributed by atoms with van der Waals surface area (Å²) in [4.78, 5) is 11.5. The van der Waals surface area contributed by atoms with E-state index in [2.05, 4.69) is 12.2 Å². The van der Waals surface area contributed by atoms with E-state index in [0.29, 0.717) is 32.0 Å². The lowest BCUT2D eigenvalue weighted by molar-refractivity contribution is -0.122. The minimum absolute atomic E-state index is 0.0989. The molecule has 0 aliphatic rings. The second-order valence-electron chi connectivity index (χ2n) is 4.34. The predicted molar refractivity (Wildman–Crippen MR) is 66.2 cm³/mol. The average Bonchev–Trinajstić information content (AvgIpc) is 2.25. The lowest BCUT2D eigenvalue weighted by Crippen LogP contribution is -2.29. The topological polar surface area (TPSA) is 64.4 Å². The van der Waals surface area contributed by atoms with Crippen LogP contribution in [0.3, 0.4) is 0 Å². The molecular weight excluding hydrogens is 204 g/mol. The second-order valence-corrected chi connectivity index (χ2v) is 4.34. The van der Waals surface area contributed by atoms with Crippen LogP contribution in [-0.4, -0.2) is 31.7 Å². The third-order valence-corrected chi connectivity index (χ3v) is 2.48. The van der Waals surface area contributed by atoms with Crippen LogP contribution >= 0.6 is 0 Å². The molecule has 0 radical (unpaired) electrons. The van der Waals surface area contributed by atoms with Crippen LogP contribution in [-0.2, 0) is 9.53 Å². The van der Waals surface area contributed by atoms with E-state index in [1.54, 1.807) is 0 Å². The van der Waals surface area contributed by atoms with Gasteiger partial charge in [-0.1, -0.05) is 13.3 Å². The molecule has 0 spiro atoms. The van der Waals surface area contributed by atoms with Crippen molar-refractivity contribution < 1.29 is 9.53 Å². The highest BCUT2D eigenvalue weighted by atomic mass is 16.5. The lowest BCUT2D eigenvalue weighted by atomic mass is 10.0. The van der Waals surface area contributed by atoms with E-state index in [9.17, 15) is 4.79 Å². The van der Waals surface area contributed by atoms with Crippen molar-refractivity contribution in [3.8, 4) is 0 Å². The molecule has 0 aromatic heterocycles. The minimum Gasteiger partial charge on any atom is -0.379 e. The third kappa shape index (κ3) is 8.68. The Morgan fingerprint density at radius 2 is 2.12 bits per heavy atom. The zero-order valence-electron chi connectivity index (χ0n) is 10.8. The van der Waals surface area contributed by atoms with E-state index in [4.69, 9.17) is 10.5 Å². The van der Waals surface area contributed by atoms with Gasteiger partial charge in [-0.3, -0.25) is 4.79 Å². The molecule has 0 saturated heterocycles. The number of hydrogen-bond acceptors (Lipinski definition) is 3. The summed E-state index contributed by atoms with van der Waals surface area (Å²) in [5.41, 5.74) is 5.54. The van der Waals surface area contributed by atoms with Crippen molar-refractivity contribution in [3.05, 3.63) is 0 Å². The molecule has 0 saturated carbocycles. The van der Waals surface area contributed by atoms with E-state index >= 15 is 0 Å². The minimum atomic E-state index is 0.0989. The summed E-state index contributed by atoms with van der Waals surface area (Å²) in [5.74, 6) is 0.411. The van der Waals surface area contributed by atoms with Gasteiger partial charge in [-0.25, -0.2) is 0 Å². The number of ether oxygens (including phenoxy) is 1. The molecule has 16 heavy (non-hydrogen) atoms. The Bertz CT molecular complexity index is 180. The van der Waals surface area contributed by atoms with Crippen molar-refractivity contribution in [1.29, 1.82) is 0 Å². The zero-order valence-corrected chi connectivity index (χ0v) is 10.8. The quantitative estimate of drug-likeness (QED) is 0.587. The first-order valence-electron chi connectivity index (χ1n) is 6.18. The Balaban J connectivity index is 3.43. The summed E-state index contributed by atoms with van der Waals surface area (Å²) in [5, 5.41) is 2.88. The number of nitrogens with two attached hydrogens (primary N) is 1. The number of carbonyl (C=O) groups is 1. The Labute approximate surface area is 98.9 Å². The molecule has 0 heterocycles. The molecule has 4 nitrogen and oxygen atoms in total. The van der Waals surface area contributed by atoms with Gasteiger partial charge in [0.25, 0.3) is 0 Å². The van der Waals surface area contributed by atoms with Gasteiger partial charge in [0.2, 0.25) is 5.91 Å². The predicted octanol–water partition coefficient (Wildman–Crippen LogP) is 1.29. The van der Waals surface area contributed by atoms with Crippen LogP contribution in [0.15, 0.2) is 0 Å². The molecule has 0 rings (SSSR count). The second kappa shape index (κ2) is 9.60. The van der Waals surface area contributed by atoms with Crippen LogP contribution in [0.1, 0.15) is 40.0 Å². The number of hydrogen-bond donors (Lipinski definition) is 2. The first-order valence-corrected chi connectivity index (χ1v) is 6.18. The van der Waals surface area contributed by atoms with Gasteiger partial charge in [0, 0.05) is 19.6 Å². The standard InChI is InChI=1S/C12H26N2O2/c1-4-11(9-13)8-12(15)14-6-5-7-16-10(2)3/h10-11H,4-9,13H2,1-3H3,(H,14,15). The zero-order chi connectivity index (χ0) is 12.4. The fourth-order valence-corrected chi connectivity index (χ4v) is 1.35. The van der Waals surface area contributed by atoms with E-state index < -0.39 is 0 Å². The molecule has 4 heteroatoms. The summed E-state index contributed by atoms with van der Waals surface area (Å²) in [7, 11) is 0. The Kier molecular flexibility index (Phi) is 9.24. The van der Waals surface area contributed by atoms with Gasteiger partial charge in [0.05, 0.1) is 6.10 Å². The molecule has 0 aliphatic carbocycles. The Hall–Kier alpha value is -0.610. The summed E-state index contributed by atoms with van der Waals surface area (Å²) >= 11 is 0. The maximum Gasteiger partial charge on any atom is 0.220 e. The highest BCUT2D eigenvalue weighted by molar-refractivity contribution is 5.76. The third-order valence-electron chi connectivity index (χ3n) is 2.48. The lowest BCUT2D eigenvalue weighted by Gasteiger charge is -2.12. The Morgan fingerprint density at radius 3 is 2.62 bits per heavy atom. The highest BCUT2D eigenvalue weighted by Gasteiger charge is 2.09. The van der Waals surface area contributed by atoms with Gasteiger partial charge in [-0.05, 0) is 32.7 Å². The molecule has 1 atom stereocenters. The van der Waals surface area contributed by atoms with Crippen LogP contribution in [0.2, 0.25) is 0 Å². The number of nitrogens with one attached hydrogen (secondary N) is 1. The summed E-state index contributed by atoms with van der Waals surface area (Å²) in [6, 6.07) is 0. The molecule has 3 N–H and O–H groups in total. The van der Waals surface area contributed by atoms with E-state index in [1.165, 1.54) is 0 Å². The number of rotatable bonds is 9. The van der Waals surface area contributed by atoms with E-state index in [-0.39, 0.29) is 12.0 Å². The SMILES string of the molecule is CCC(CN)CC(=O)NCCCOC(C)C. The van der Waals surface area contributed by atoms with Crippen molar-refractivity contribution in [2.24, 2.45) is 11.7 Å². The van der Waals surface area contributed by atoms with Gasteiger partial charge in [-0.2, -0.15) is 0 Å². The summed E-state index contributed by atoms with van der Waals surface area (Å²) in [6.45, 7) is 8.04. The van der Waals surface area contributed by atoms with Crippen LogP contribution in [0.25, 0.3) is 0 Å². The molecule has 0 aliphatic heterocycles. The first-order chi connectivity index (χ1) is 7.60. The summed E-state index contributed by atoms with van der Waals surface area (Å²) in [6.07, 6.45) is 2.62. The van der Waals surface area contributed by atoms with E-state index in [0.717, 1.165) is 12.8 Å². The molecule has 0 aromatic carbocycles. The molecule has 96 valence electrons. The van der Waals surface area contributed by atoms with Crippen molar-refractivity contribution in [3.63, 3.8) is 0 Å². The maximum atomic E-state index is 11.5. The van der Waals surface area contributed by atoms with Gasteiger partial charge in [-0.15, -0.1) is 0 Å².